The van der Waals surface area contributed by atoms with E-state index in [4.69, 9.17) is 16.6 Å². The van der Waals surface area contributed by atoms with Gasteiger partial charge in [-0.2, -0.15) is 0 Å². The monoisotopic (exact) mass is 424 g/mol. The Morgan fingerprint density at radius 1 is 1.07 bits per heavy atom. The summed E-state index contributed by atoms with van der Waals surface area (Å²) >= 11 is 7.68. The highest BCUT2D eigenvalue weighted by Gasteiger charge is 2.19. The van der Waals surface area contributed by atoms with Crippen LogP contribution in [0.15, 0.2) is 47.5 Å². The van der Waals surface area contributed by atoms with Gasteiger partial charge in [0.25, 0.3) is 0 Å². The van der Waals surface area contributed by atoms with E-state index in [0.29, 0.717) is 22.0 Å². The Kier molecular flexibility index (Phi) is 5.88. The fraction of sp³-hybridized carbons (Fsp3) is 0.261. The van der Waals surface area contributed by atoms with Crippen LogP contribution in [-0.4, -0.2) is 22.4 Å². The average molecular weight is 425 g/mol. The van der Waals surface area contributed by atoms with Crippen LogP contribution in [0.3, 0.4) is 0 Å². The number of carbonyl (C=O) groups is 2. The molecule has 29 heavy (non-hydrogen) atoms. The minimum atomic E-state index is -0.133. The second kappa shape index (κ2) is 8.56. The number of halogens is 1. The van der Waals surface area contributed by atoms with E-state index in [1.54, 1.807) is 24.3 Å². The maximum absolute atomic E-state index is 12.7. The van der Waals surface area contributed by atoms with Crippen LogP contribution in [0, 0.1) is 0 Å². The maximum Gasteiger partial charge on any atom is 0.221 e. The molecule has 0 aliphatic heterocycles. The highest BCUT2D eigenvalue weighted by molar-refractivity contribution is 8.00. The van der Waals surface area contributed by atoms with Crippen molar-refractivity contribution in [2.45, 2.75) is 37.6 Å². The van der Waals surface area contributed by atoms with Gasteiger partial charge in [0.15, 0.2) is 5.78 Å². The fourth-order valence-electron chi connectivity index (χ4n) is 3.75. The van der Waals surface area contributed by atoms with Crippen molar-refractivity contribution in [3.63, 3.8) is 0 Å². The smallest absolute Gasteiger partial charge is 0.221 e. The molecule has 1 amide bonds. The van der Waals surface area contributed by atoms with Crippen molar-refractivity contribution in [3.8, 4) is 0 Å². The first-order valence-electron chi connectivity index (χ1n) is 9.66. The van der Waals surface area contributed by atoms with E-state index < -0.39 is 0 Å². The van der Waals surface area contributed by atoms with E-state index in [1.165, 1.54) is 41.6 Å². The number of aryl methyl sites for hydroxylation is 1. The molecule has 0 saturated heterocycles. The number of amides is 1. The van der Waals surface area contributed by atoms with Gasteiger partial charge >= 0.3 is 0 Å². The predicted octanol–water partition coefficient (Wildman–Crippen LogP) is 5.70. The predicted molar refractivity (Wildman–Crippen MR) is 119 cm³/mol. The van der Waals surface area contributed by atoms with Crippen molar-refractivity contribution in [2.75, 3.05) is 11.1 Å². The maximum atomic E-state index is 12.7. The summed E-state index contributed by atoms with van der Waals surface area (Å²) in [5.41, 5.74) is 4.85. The van der Waals surface area contributed by atoms with Gasteiger partial charge in [0, 0.05) is 28.6 Å². The SMILES string of the molecule is CC(=O)Nc1ccc(C(=O)CSc2nc3cc(Cl)ccc3c3c2CCCC3)cc1. The third-order valence-corrected chi connectivity index (χ3v) is 6.35. The Morgan fingerprint density at radius 2 is 1.79 bits per heavy atom. The second-order valence-electron chi connectivity index (χ2n) is 7.21. The molecule has 1 aliphatic carbocycles. The fourth-order valence-corrected chi connectivity index (χ4v) is 4.91. The van der Waals surface area contributed by atoms with Crippen molar-refractivity contribution < 1.29 is 9.59 Å². The van der Waals surface area contributed by atoms with Gasteiger partial charge in [0.2, 0.25) is 5.91 Å². The lowest BCUT2D eigenvalue weighted by Gasteiger charge is -2.20. The van der Waals surface area contributed by atoms with Gasteiger partial charge in [-0.25, -0.2) is 4.98 Å². The number of nitrogens with zero attached hydrogens (tertiary/aromatic N) is 1. The molecule has 0 fully saturated rings. The second-order valence-corrected chi connectivity index (χ2v) is 8.61. The highest BCUT2D eigenvalue weighted by Crippen LogP contribution is 2.35. The van der Waals surface area contributed by atoms with Crippen molar-refractivity contribution in [2.24, 2.45) is 0 Å². The third kappa shape index (κ3) is 4.46. The van der Waals surface area contributed by atoms with Crippen LogP contribution in [-0.2, 0) is 17.6 Å². The Labute approximate surface area is 179 Å². The van der Waals surface area contributed by atoms with E-state index in [0.717, 1.165) is 29.8 Å². The number of Topliss-reactive ketones (excluding diaryl/α,β-unsaturated/α-hetero) is 1. The molecule has 0 spiro atoms. The zero-order valence-electron chi connectivity index (χ0n) is 16.1. The molecule has 1 aromatic heterocycles. The van der Waals surface area contributed by atoms with Crippen molar-refractivity contribution in [1.82, 2.24) is 4.98 Å². The Balaban J connectivity index is 1.56. The normalized spacial score (nSPS) is 13.2. The highest BCUT2D eigenvalue weighted by atomic mass is 35.5. The number of hydrogen-bond donors (Lipinski definition) is 1. The van der Waals surface area contributed by atoms with Crippen molar-refractivity contribution in [1.29, 1.82) is 0 Å². The molecular weight excluding hydrogens is 404 g/mol. The number of thioether (sulfide) groups is 1. The summed E-state index contributed by atoms with van der Waals surface area (Å²) in [6.45, 7) is 1.46. The molecule has 0 bridgehead atoms. The van der Waals surface area contributed by atoms with Crippen LogP contribution in [0.5, 0.6) is 0 Å². The van der Waals surface area contributed by atoms with Crippen molar-refractivity contribution in [3.05, 3.63) is 64.2 Å². The summed E-state index contributed by atoms with van der Waals surface area (Å²) in [4.78, 5) is 28.6. The molecule has 4 rings (SSSR count). The van der Waals surface area contributed by atoms with Crippen LogP contribution in [0.4, 0.5) is 5.69 Å². The van der Waals surface area contributed by atoms with Crippen LogP contribution < -0.4 is 5.32 Å². The van der Waals surface area contributed by atoms with Gasteiger partial charge in [0.05, 0.1) is 11.3 Å². The summed E-state index contributed by atoms with van der Waals surface area (Å²) in [5.74, 6) is 0.235. The quantitative estimate of drug-likeness (QED) is 0.421. The number of rotatable bonds is 5. The average Bonchev–Trinajstić information content (AvgIpc) is 2.71. The number of anilines is 1. The number of ketones is 1. The zero-order valence-corrected chi connectivity index (χ0v) is 17.7. The Hall–Kier alpha value is -2.37. The molecule has 0 saturated carbocycles. The van der Waals surface area contributed by atoms with Gasteiger partial charge in [-0.3, -0.25) is 9.59 Å². The lowest BCUT2D eigenvalue weighted by atomic mass is 9.90. The minimum absolute atomic E-state index is 0.0434. The molecule has 1 aliphatic rings. The molecule has 0 unspecified atom stereocenters. The number of fused-ring (bicyclic) bond motifs is 3. The summed E-state index contributed by atoms with van der Waals surface area (Å²) in [7, 11) is 0. The standard InChI is InChI=1S/C23H21ClN2O2S/c1-14(27)25-17-9-6-15(7-10-17)22(28)13-29-23-20-5-3-2-4-18(20)19-11-8-16(24)12-21(19)26-23/h6-12H,2-5,13H2,1H3,(H,25,27). The first-order chi connectivity index (χ1) is 14.0. The van der Waals surface area contributed by atoms with Crippen LogP contribution in [0.2, 0.25) is 5.02 Å². The van der Waals surface area contributed by atoms with Gasteiger partial charge in [0.1, 0.15) is 5.03 Å². The van der Waals surface area contributed by atoms with Crippen LogP contribution in [0.25, 0.3) is 10.9 Å². The van der Waals surface area contributed by atoms with Gasteiger partial charge in [-0.15, -0.1) is 0 Å². The zero-order chi connectivity index (χ0) is 20.4. The molecule has 6 heteroatoms. The summed E-state index contributed by atoms with van der Waals surface area (Å²) in [6.07, 6.45) is 4.38. The van der Waals surface area contributed by atoms with Gasteiger partial charge < -0.3 is 5.32 Å². The van der Waals surface area contributed by atoms with E-state index in [9.17, 15) is 9.59 Å². The molecule has 3 aromatic rings. The largest absolute Gasteiger partial charge is 0.326 e. The third-order valence-electron chi connectivity index (χ3n) is 5.10. The van der Waals surface area contributed by atoms with E-state index in [1.807, 2.05) is 12.1 Å². The summed E-state index contributed by atoms with van der Waals surface area (Å²) < 4.78 is 0. The number of carbonyl (C=O) groups excluding carboxylic acids is 2. The first kappa shape index (κ1) is 19.9. The molecule has 0 radical (unpaired) electrons. The molecule has 2 aromatic carbocycles. The number of pyridine rings is 1. The van der Waals surface area contributed by atoms with Crippen LogP contribution >= 0.6 is 23.4 Å². The number of aromatic nitrogens is 1. The lowest BCUT2D eigenvalue weighted by molar-refractivity contribution is -0.114. The summed E-state index contributed by atoms with van der Waals surface area (Å²) in [6, 6.07) is 12.9. The molecule has 148 valence electrons. The van der Waals surface area contributed by atoms with E-state index >= 15 is 0 Å². The van der Waals surface area contributed by atoms with Crippen LogP contribution in [0.1, 0.15) is 41.3 Å². The van der Waals surface area contributed by atoms with Gasteiger partial charge in [-0.05, 0) is 73.2 Å². The van der Waals surface area contributed by atoms with Gasteiger partial charge in [-0.1, -0.05) is 29.4 Å². The minimum Gasteiger partial charge on any atom is -0.326 e. The molecule has 4 nitrogen and oxygen atoms in total. The van der Waals surface area contributed by atoms with E-state index in [-0.39, 0.29) is 11.7 Å². The first-order valence-corrected chi connectivity index (χ1v) is 11.0. The number of nitrogens with one attached hydrogen (secondary N) is 1. The lowest BCUT2D eigenvalue weighted by Crippen LogP contribution is -2.09. The molecule has 0 atom stereocenters. The number of benzene rings is 2. The van der Waals surface area contributed by atoms with E-state index in [2.05, 4.69) is 11.4 Å². The topological polar surface area (TPSA) is 59.1 Å². The summed E-state index contributed by atoms with van der Waals surface area (Å²) in [5, 5.41) is 5.50. The molecule has 1 heterocycles. The Bertz CT molecular complexity index is 1100. The Morgan fingerprint density at radius 3 is 2.52 bits per heavy atom. The van der Waals surface area contributed by atoms with Crippen molar-refractivity contribution >= 4 is 51.6 Å². The molecular formula is C23H21ClN2O2S. The number of hydrogen-bond acceptors (Lipinski definition) is 4. The molecule has 1 N–H and O–H groups in total.